The summed E-state index contributed by atoms with van der Waals surface area (Å²) in [4.78, 5) is 10.1. The molecule has 0 amide bonds. The molecule has 0 aliphatic rings. The van der Waals surface area contributed by atoms with Crippen molar-refractivity contribution in [3.05, 3.63) is 35.4 Å². The van der Waals surface area contributed by atoms with E-state index in [9.17, 15) is 0 Å². The van der Waals surface area contributed by atoms with E-state index < -0.39 is 0 Å². The van der Waals surface area contributed by atoms with E-state index in [4.69, 9.17) is 0 Å². The summed E-state index contributed by atoms with van der Waals surface area (Å²) >= 11 is 3.18. The highest BCUT2D eigenvalue weighted by Gasteiger charge is 2.17. The van der Waals surface area contributed by atoms with Crippen LogP contribution in [-0.4, -0.2) is 44.1 Å². The molecule has 0 aromatic carbocycles. The number of rotatable bonds is 5. The van der Waals surface area contributed by atoms with Gasteiger partial charge in [0.25, 0.3) is 0 Å². The van der Waals surface area contributed by atoms with Gasteiger partial charge in [-0.05, 0) is 31.4 Å². The van der Waals surface area contributed by atoms with Gasteiger partial charge in [0.05, 0.1) is 11.1 Å². The molecule has 0 saturated heterocycles. The fourth-order valence-corrected chi connectivity index (χ4v) is 4.62. The van der Waals surface area contributed by atoms with Crippen LogP contribution in [0.2, 0.25) is 0 Å². The van der Waals surface area contributed by atoms with Crippen LogP contribution in [0.3, 0.4) is 0 Å². The lowest BCUT2D eigenvalue weighted by Gasteiger charge is -2.04. The summed E-state index contributed by atoms with van der Waals surface area (Å²) in [5, 5.41) is 21.7. The SMILES string of the molecule is CCn1c(SCc2nc3c4ccsc4ncn3n2)nnc1-c1cc(C)n(C)n1. The number of nitrogens with zero attached hydrogens (tertiary/aromatic N) is 9. The molecule has 9 nitrogen and oxygen atoms in total. The largest absolute Gasteiger partial charge is 0.301 e. The molecule has 11 heteroatoms. The van der Waals surface area contributed by atoms with Gasteiger partial charge >= 0.3 is 0 Å². The van der Waals surface area contributed by atoms with Crippen molar-refractivity contribution < 1.29 is 0 Å². The minimum atomic E-state index is 0.604. The van der Waals surface area contributed by atoms with Gasteiger partial charge in [-0.15, -0.1) is 26.6 Å². The minimum absolute atomic E-state index is 0.604. The molecule has 0 aliphatic carbocycles. The molecule has 0 unspecified atom stereocenters. The minimum Gasteiger partial charge on any atom is -0.301 e. The van der Waals surface area contributed by atoms with Crippen molar-refractivity contribution in [2.75, 3.05) is 0 Å². The Morgan fingerprint density at radius 1 is 1.21 bits per heavy atom. The molecule has 5 aromatic heterocycles. The fraction of sp³-hybridized carbons (Fsp3) is 0.294. The summed E-state index contributed by atoms with van der Waals surface area (Å²) in [6.07, 6.45) is 1.71. The van der Waals surface area contributed by atoms with Gasteiger partial charge < -0.3 is 4.57 Å². The molecule has 28 heavy (non-hydrogen) atoms. The first-order valence-corrected chi connectivity index (χ1v) is 10.6. The molecule has 5 aromatic rings. The van der Waals surface area contributed by atoms with Gasteiger partial charge in [0.2, 0.25) is 0 Å². The Bertz CT molecular complexity index is 1270. The van der Waals surface area contributed by atoms with Crippen LogP contribution in [0.4, 0.5) is 0 Å². The molecule has 142 valence electrons. The van der Waals surface area contributed by atoms with Crippen molar-refractivity contribution in [1.82, 2.24) is 44.1 Å². The van der Waals surface area contributed by atoms with E-state index in [2.05, 4.69) is 41.9 Å². The normalized spacial score (nSPS) is 11.8. The second-order valence-corrected chi connectivity index (χ2v) is 8.15. The van der Waals surface area contributed by atoms with Gasteiger partial charge in [0.1, 0.15) is 16.9 Å². The van der Waals surface area contributed by atoms with Crippen LogP contribution in [0.1, 0.15) is 18.4 Å². The first-order valence-electron chi connectivity index (χ1n) is 8.78. The quantitative estimate of drug-likeness (QED) is 0.411. The van der Waals surface area contributed by atoms with E-state index in [1.165, 1.54) is 0 Å². The summed E-state index contributed by atoms with van der Waals surface area (Å²) in [6, 6.07) is 4.05. The highest BCUT2D eigenvalue weighted by atomic mass is 32.2. The number of aromatic nitrogens is 9. The maximum atomic E-state index is 4.69. The molecule has 0 bridgehead atoms. The summed E-state index contributed by atoms with van der Waals surface area (Å²) in [7, 11) is 1.93. The lowest BCUT2D eigenvalue weighted by molar-refractivity contribution is 0.681. The predicted molar refractivity (Wildman–Crippen MR) is 108 cm³/mol. The zero-order valence-electron chi connectivity index (χ0n) is 15.6. The lowest BCUT2D eigenvalue weighted by atomic mass is 10.3. The van der Waals surface area contributed by atoms with Gasteiger partial charge in [-0.2, -0.15) is 5.10 Å². The van der Waals surface area contributed by atoms with E-state index in [1.807, 2.05) is 36.2 Å². The van der Waals surface area contributed by atoms with Crippen LogP contribution < -0.4 is 0 Å². The summed E-state index contributed by atoms with van der Waals surface area (Å²) in [6.45, 7) is 4.86. The van der Waals surface area contributed by atoms with E-state index in [1.54, 1.807) is 33.9 Å². The van der Waals surface area contributed by atoms with E-state index >= 15 is 0 Å². The number of hydrogen-bond donors (Lipinski definition) is 0. The monoisotopic (exact) mass is 411 g/mol. The van der Waals surface area contributed by atoms with Gasteiger partial charge in [0.15, 0.2) is 22.5 Å². The Balaban J connectivity index is 1.43. The molecule has 0 fully saturated rings. The molecule has 0 N–H and O–H groups in total. The summed E-state index contributed by atoms with van der Waals surface area (Å²) < 4.78 is 5.65. The second-order valence-electron chi connectivity index (χ2n) is 6.31. The smallest absolute Gasteiger partial charge is 0.191 e. The Kier molecular flexibility index (Phi) is 4.13. The van der Waals surface area contributed by atoms with Gasteiger partial charge in [0, 0.05) is 19.3 Å². The zero-order chi connectivity index (χ0) is 19.3. The maximum absolute atomic E-state index is 4.69. The molecule has 0 saturated carbocycles. The van der Waals surface area contributed by atoms with Gasteiger partial charge in [-0.25, -0.2) is 14.5 Å². The molecular formula is C17H17N9S2. The Labute approximate surface area is 168 Å². The van der Waals surface area contributed by atoms with Crippen LogP contribution >= 0.6 is 23.1 Å². The fourth-order valence-electron chi connectivity index (χ4n) is 3.04. The van der Waals surface area contributed by atoms with Crippen molar-refractivity contribution in [2.24, 2.45) is 7.05 Å². The summed E-state index contributed by atoms with van der Waals surface area (Å²) in [5.74, 6) is 2.12. The van der Waals surface area contributed by atoms with E-state index in [0.717, 1.165) is 50.6 Å². The number of hydrogen-bond acceptors (Lipinski definition) is 8. The van der Waals surface area contributed by atoms with Crippen molar-refractivity contribution in [3.63, 3.8) is 0 Å². The maximum Gasteiger partial charge on any atom is 0.191 e. The highest BCUT2D eigenvalue weighted by molar-refractivity contribution is 7.98. The van der Waals surface area contributed by atoms with E-state index in [-0.39, 0.29) is 0 Å². The lowest BCUT2D eigenvalue weighted by Crippen LogP contribution is -2.01. The average molecular weight is 412 g/mol. The van der Waals surface area contributed by atoms with Crippen molar-refractivity contribution in [2.45, 2.75) is 31.3 Å². The third kappa shape index (κ3) is 2.78. The molecule has 5 rings (SSSR count). The molecule has 0 aliphatic heterocycles. The molecular weight excluding hydrogens is 394 g/mol. The number of aryl methyl sites for hydroxylation is 2. The molecule has 5 heterocycles. The molecule has 0 spiro atoms. The van der Waals surface area contributed by atoms with Crippen molar-refractivity contribution in [3.8, 4) is 11.5 Å². The average Bonchev–Trinajstić information content (AvgIpc) is 3.45. The molecule has 0 atom stereocenters. The highest BCUT2D eigenvalue weighted by Crippen LogP contribution is 2.26. The first-order chi connectivity index (χ1) is 13.6. The number of thiophene rings is 1. The van der Waals surface area contributed by atoms with Gasteiger partial charge in [-0.3, -0.25) is 4.68 Å². The Hall–Kier alpha value is -2.79. The van der Waals surface area contributed by atoms with Crippen molar-refractivity contribution in [1.29, 1.82) is 0 Å². The van der Waals surface area contributed by atoms with Crippen LogP contribution in [0.5, 0.6) is 0 Å². The topological polar surface area (TPSA) is 91.6 Å². The predicted octanol–water partition coefficient (Wildman–Crippen LogP) is 2.95. The standard InChI is InChI=1S/C17H17N9S2/c1-4-25-15(12-7-10(2)24(3)22-12)20-21-17(25)28-8-13-19-14-11-5-6-27-16(11)18-9-26(14)23-13/h5-7,9H,4,8H2,1-3H3. The van der Waals surface area contributed by atoms with Crippen LogP contribution in [0.25, 0.3) is 27.4 Å². The number of thioether (sulfide) groups is 1. The first kappa shape index (κ1) is 17.3. The van der Waals surface area contributed by atoms with E-state index in [0.29, 0.717) is 5.75 Å². The third-order valence-electron chi connectivity index (χ3n) is 4.55. The van der Waals surface area contributed by atoms with Crippen molar-refractivity contribution >= 4 is 39.0 Å². The Morgan fingerprint density at radius 3 is 2.89 bits per heavy atom. The number of fused-ring (bicyclic) bond motifs is 3. The zero-order valence-corrected chi connectivity index (χ0v) is 17.2. The summed E-state index contributed by atoms with van der Waals surface area (Å²) in [5.41, 5.74) is 2.75. The third-order valence-corrected chi connectivity index (χ3v) is 6.34. The van der Waals surface area contributed by atoms with Crippen LogP contribution in [-0.2, 0) is 19.3 Å². The Morgan fingerprint density at radius 2 is 2.11 bits per heavy atom. The second kappa shape index (κ2) is 6.67. The van der Waals surface area contributed by atoms with Crippen LogP contribution in [0, 0.1) is 6.92 Å². The van der Waals surface area contributed by atoms with Gasteiger partial charge in [-0.1, -0.05) is 11.8 Å². The molecule has 0 radical (unpaired) electrons. The van der Waals surface area contributed by atoms with Crippen LogP contribution in [0.15, 0.2) is 29.0 Å².